The maximum atomic E-state index is 14.0. The Balaban J connectivity index is 1.57. The Labute approximate surface area is 234 Å². The highest BCUT2D eigenvalue weighted by molar-refractivity contribution is 6.10. The Kier molecular flexibility index (Phi) is 7.65. The molecule has 1 aliphatic heterocycles. The molecule has 2 atom stereocenters. The first-order valence-corrected chi connectivity index (χ1v) is 13.3. The first-order chi connectivity index (χ1) is 19.3. The fourth-order valence-electron chi connectivity index (χ4n) is 5.73. The molecule has 1 amide bonds. The van der Waals surface area contributed by atoms with E-state index in [9.17, 15) is 9.59 Å². The molecule has 0 saturated carbocycles. The van der Waals surface area contributed by atoms with Gasteiger partial charge in [-0.3, -0.25) is 9.59 Å². The van der Waals surface area contributed by atoms with Gasteiger partial charge in [0.2, 0.25) is 0 Å². The molecule has 5 rings (SSSR count). The minimum atomic E-state index is -0.572. The van der Waals surface area contributed by atoms with E-state index in [0.717, 1.165) is 22.4 Å². The second kappa shape index (κ2) is 11.3. The van der Waals surface area contributed by atoms with E-state index in [1.54, 1.807) is 21.3 Å². The molecular weight excluding hydrogens is 504 g/mol. The Hall–Kier alpha value is -4.52. The number of Topliss-reactive ketones (excluding diaryl/α,β-unsaturated/α-hetero) is 1. The number of ketones is 1. The first-order valence-electron chi connectivity index (χ1n) is 13.3. The van der Waals surface area contributed by atoms with Crippen LogP contribution in [-0.4, -0.2) is 33.0 Å². The summed E-state index contributed by atoms with van der Waals surface area (Å²) < 4.78 is 16.6. The van der Waals surface area contributed by atoms with Gasteiger partial charge in [0.05, 0.1) is 27.2 Å². The molecule has 0 aromatic heterocycles. The van der Waals surface area contributed by atoms with E-state index in [2.05, 4.69) is 10.6 Å². The summed E-state index contributed by atoms with van der Waals surface area (Å²) in [6.07, 6.45) is 0.931. The molecular formula is C33H34N2O5. The lowest BCUT2D eigenvalue weighted by Crippen LogP contribution is -2.37. The van der Waals surface area contributed by atoms with Gasteiger partial charge in [-0.15, -0.1) is 0 Å². The third-order valence-electron chi connectivity index (χ3n) is 7.71. The van der Waals surface area contributed by atoms with Gasteiger partial charge in [0.25, 0.3) is 5.91 Å². The number of aryl methyl sites for hydroxylation is 1. The largest absolute Gasteiger partial charge is 0.496 e. The van der Waals surface area contributed by atoms with Crippen LogP contribution in [0.1, 0.15) is 48.3 Å². The van der Waals surface area contributed by atoms with Gasteiger partial charge in [-0.1, -0.05) is 42.0 Å². The molecule has 3 aromatic rings. The molecule has 2 unspecified atom stereocenters. The topological polar surface area (TPSA) is 85.9 Å². The van der Waals surface area contributed by atoms with Gasteiger partial charge >= 0.3 is 0 Å². The van der Waals surface area contributed by atoms with Crippen molar-refractivity contribution < 1.29 is 23.8 Å². The van der Waals surface area contributed by atoms with Gasteiger partial charge < -0.3 is 24.8 Å². The quantitative estimate of drug-likeness (QED) is 0.383. The number of rotatable bonds is 7. The summed E-state index contributed by atoms with van der Waals surface area (Å²) in [4.78, 5) is 27.8. The van der Waals surface area contributed by atoms with Crippen molar-refractivity contribution in [3.8, 4) is 17.2 Å². The zero-order valence-electron chi connectivity index (χ0n) is 23.5. The molecule has 1 heterocycles. The second-order valence-corrected chi connectivity index (χ2v) is 10.2. The molecule has 0 spiro atoms. The molecule has 0 bridgehead atoms. The Bertz CT molecular complexity index is 1520. The van der Waals surface area contributed by atoms with Crippen molar-refractivity contribution in [3.05, 3.63) is 106 Å². The highest BCUT2D eigenvalue weighted by Gasteiger charge is 2.42. The second-order valence-electron chi connectivity index (χ2n) is 10.2. The van der Waals surface area contributed by atoms with Crippen LogP contribution in [0.3, 0.4) is 0 Å². The van der Waals surface area contributed by atoms with Gasteiger partial charge in [-0.05, 0) is 62.1 Å². The zero-order chi connectivity index (χ0) is 28.4. The minimum Gasteiger partial charge on any atom is -0.496 e. The van der Waals surface area contributed by atoms with Crippen LogP contribution < -0.4 is 24.8 Å². The lowest BCUT2D eigenvalue weighted by atomic mass is 9.71. The number of ether oxygens (including phenoxy) is 3. The summed E-state index contributed by atoms with van der Waals surface area (Å²) in [5.74, 6) is 1.02. The van der Waals surface area contributed by atoms with E-state index >= 15 is 0 Å². The van der Waals surface area contributed by atoms with E-state index < -0.39 is 5.92 Å². The molecule has 0 fully saturated rings. The predicted molar refractivity (Wildman–Crippen MR) is 155 cm³/mol. The number of carbonyl (C=O) groups excluding carboxylic acids is 2. The van der Waals surface area contributed by atoms with Crippen molar-refractivity contribution >= 4 is 17.4 Å². The van der Waals surface area contributed by atoms with Gasteiger partial charge in [-0.25, -0.2) is 0 Å². The van der Waals surface area contributed by atoms with Crippen molar-refractivity contribution in [1.82, 2.24) is 5.32 Å². The molecule has 206 valence electrons. The van der Waals surface area contributed by atoms with Gasteiger partial charge in [0, 0.05) is 40.2 Å². The lowest BCUT2D eigenvalue weighted by molar-refractivity contribution is -0.116. The molecule has 40 heavy (non-hydrogen) atoms. The van der Waals surface area contributed by atoms with Crippen LogP contribution >= 0.6 is 0 Å². The number of amides is 1. The molecule has 2 aliphatic rings. The number of nitrogens with one attached hydrogen (secondary N) is 2. The Morgan fingerprint density at radius 1 is 0.850 bits per heavy atom. The highest BCUT2D eigenvalue weighted by atomic mass is 16.5. The molecule has 7 heteroatoms. The van der Waals surface area contributed by atoms with Crippen molar-refractivity contribution in [2.75, 3.05) is 26.6 Å². The summed E-state index contributed by atoms with van der Waals surface area (Å²) in [5.41, 5.74) is 6.23. The van der Waals surface area contributed by atoms with Crippen LogP contribution in [0.2, 0.25) is 0 Å². The number of methoxy groups -OCH3 is 3. The van der Waals surface area contributed by atoms with E-state index in [0.29, 0.717) is 52.6 Å². The number of dihydropyridines is 1. The van der Waals surface area contributed by atoms with Crippen molar-refractivity contribution in [1.29, 1.82) is 0 Å². The summed E-state index contributed by atoms with van der Waals surface area (Å²) >= 11 is 0. The molecule has 0 radical (unpaired) electrons. The van der Waals surface area contributed by atoms with Crippen LogP contribution in [0.4, 0.5) is 5.69 Å². The van der Waals surface area contributed by atoms with E-state index in [4.69, 9.17) is 14.2 Å². The number of carbonyl (C=O) groups is 2. The molecule has 2 N–H and O–H groups in total. The maximum absolute atomic E-state index is 14.0. The number of hydrogen-bond acceptors (Lipinski definition) is 6. The minimum absolute atomic E-state index is 0.00224. The van der Waals surface area contributed by atoms with E-state index in [1.165, 1.54) is 0 Å². The van der Waals surface area contributed by atoms with Crippen LogP contribution in [-0.2, 0) is 9.59 Å². The standard InChI is InChI=1S/C33H34N2O5/c1-19-10-13-23(14-11-19)35-33(37)30-20(2)34-25-16-22(21-12-15-28(39-4)29(18-21)40-5)17-26(36)32(25)31(30)24-8-6-7-9-27(24)38-3/h6-15,18,22,31,34H,16-17H2,1-5H3,(H,35,37). The fourth-order valence-corrected chi connectivity index (χ4v) is 5.73. The maximum Gasteiger partial charge on any atom is 0.254 e. The summed E-state index contributed by atoms with van der Waals surface area (Å²) in [7, 11) is 4.81. The molecule has 0 saturated heterocycles. The Morgan fingerprint density at radius 3 is 2.25 bits per heavy atom. The number of para-hydroxylation sites is 1. The summed E-state index contributed by atoms with van der Waals surface area (Å²) in [6.45, 7) is 3.89. The molecule has 3 aromatic carbocycles. The number of benzene rings is 3. The smallest absolute Gasteiger partial charge is 0.254 e. The predicted octanol–water partition coefficient (Wildman–Crippen LogP) is 6.02. The zero-order valence-corrected chi connectivity index (χ0v) is 23.5. The third kappa shape index (κ3) is 5.07. The highest BCUT2D eigenvalue weighted by Crippen LogP contribution is 2.48. The number of allylic oxidation sites excluding steroid dienone is 3. The van der Waals surface area contributed by atoms with Gasteiger partial charge in [0.1, 0.15) is 5.75 Å². The van der Waals surface area contributed by atoms with Crippen LogP contribution in [0, 0.1) is 6.92 Å². The normalized spacial score (nSPS) is 18.6. The number of anilines is 1. The molecule has 1 aliphatic carbocycles. The van der Waals surface area contributed by atoms with Gasteiger partial charge in [0.15, 0.2) is 17.3 Å². The summed E-state index contributed by atoms with van der Waals surface area (Å²) in [6, 6.07) is 21.0. The van der Waals surface area contributed by atoms with Crippen molar-refractivity contribution in [2.24, 2.45) is 0 Å². The Morgan fingerprint density at radius 2 is 1.55 bits per heavy atom. The van der Waals surface area contributed by atoms with Crippen LogP contribution in [0.5, 0.6) is 17.2 Å². The monoisotopic (exact) mass is 538 g/mol. The van der Waals surface area contributed by atoms with Crippen LogP contribution in [0.25, 0.3) is 0 Å². The SMILES string of the molecule is COc1ccc(C2CC(=O)C3=C(C2)NC(C)=C(C(=O)Nc2ccc(C)cc2)C3c2ccccc2OC)cc1OC. The fraction of sp³-hybridized carbons (Fsp3) is 0.273. The van der Waals surface area contributed by atoms with Gasteiger partial charge in [-0.2, -0.15) is 0 Å². The van der Waals surface area contributed by atoms with E-state index in [1.807, 2.05) is 80.6 Å². The third-order valence-corrected chi connectivity index (χ3v) is 7.71. The average Bonchev–Trinajstić information content (AvgIpc) is 2.96. The van der Waals surface area contributed by atoms with E-state index in [-0.39, 0.29) is 17.6 Å². The average molecular weight is 539 g/mol. The molecule has 7 nitrogen and oxygen atoms in total. The van der Waals surface area contributed by atoms with Crippen molar-refractivity contribution in [3.63, 3.8) is 0 Å². The summed E-state index contributed by atoms with van der Waals surface area (Å²) in [5, 5.41) is 6.48. The lowest BCUT2D eigenvalue weighted by Gasteiger charge is -2.37. The first kappa shape index (κ1) is 27.1. The number of hydrogen-bond donors (Lipinski definition) is 2. The van der Waals surface area contributed by atoms with Crippen molar-refractivity contribution in [2.45, 2.75) is 38.5 Å². The van der Waals surface area contributed by atoms with Crippen LogP contribution in [0.15, 0.2) is 89.3 Å².